The lowest BCUT2D eigenvalue weighted by atomic mass is 9.96. The summed E-state index contributed by atoms with van der Waals surface area (Å²) in [5.74, 6) is -2.70. The Morgan fingerprint density at radius 2 is 2.08 bits per heavy atom. The van der Waals surface area contributed by atoms with Crippen molar-refractivity contribution in [3.63, 3.8) is 0 Å². The van der Waals surface area contributed by atoms with Crippen molar-refractivity contribution in [1.82, 2.24) is 10.2 Å². The number of likely N-dealkylation sites (tertiary alicyclic amines) is 1. The maximum atomic E-state index is 13.9. The van der Waals surface area contributed by atoms with Gasteiger partial charge in [0.1, 0.15) is 0 Å². The van der Waals surface area contributed by atoms with E-state index in [1.165, 1.54) is 12.1 Å². The third kappa shape index (κ3) is 4.32. The number of rotatable bonds is 5. The van der Waals surface area contributed by atoms with Crippen LogP contribution in [0.25, 0.3) is 0 Å². The van der Waals surface area contributed by atoms with Gasteiger partial charge in [0.25, 0.3) is 0 Å². The number of hydrogen-bond donors (Lipinski definition) is 2. The molecule has 5 nitrogen and oxygen atoms in total. The van der Waals surface area contributed by atoms with E-state index < -0.39 is 11.6 Å². The Balaban J connectivity index is 0.00000243. The lowest BCUT2D eigenvalue weighted by Crippen LogP contribution is -2.46. The first-order valence-corrected chi connectivity index (χ1v) is 8.73. The largest absolute Gasteiger partial charge is 0.355 e. The van der Waals surface area contributed by atoms with Crippen LogP contribution < -0.4 is 11.1 Å². The van der Waals surface area contributed by atoms with Gasteiger partial charge in [0.05, 0.1) is 5.92 Å². The first-order valence-electron chi connectivity index (χ1n) is 8.73. The van der Waals surface area contributed by atoms with Crippen LogP contribution in [0.15, 0.2) is 18.2 Å². The van der Waals surface area contributed by atoms with Gasteiger partial charge in [-0.05, 0) is 36.8 Å². The van der Waals surface area contributed by atoms with E-state index in [1.807, 2.05) is 0 Å². The highest BCUT2D eigenvalue weighted by molar-refractivity contribution is 5.85. The van der Waals surface area contributed by atoms with Crippen LogP contribution in [-0.4, -0.2) is 42.9 Å². The average molecular weight is 388 g/mol. The molecule has 1 aromatic rings. The number of halogens is 3. The molecule has 1 saturated heterocycles. The first-order chi connectivity index (χ1) is 12.0. The summed E-state index contributed by atoms with van der Waals surface area (Å²) in [7, 11) is 0. The number of hydrogen-bond acceptors (Lipinski definition) is 3. The molecule has 0 bridgehead atoms. The number of nitrogens with zero attached hydrogens (tertiary/aromatic N) is 1. The molecule has 3 rings (SSSR count). The Hall–Kier alpha value is -1.73. The van der Waals surface area contributed by atoms with Crippen molar-refractivity contribution >= 4 is 24.2 Å². The second kappa shape index (κ2) is 8.77. The van der Waals surface area contributed by atoms with Crippen molar-refractivity contribution < 1.29 is 18.4 Å². The van der Waals surface area contributed by atoms with E-state index >= 15 is 0 Å². The molecule has 0 spiro atoms. The van der Waals surface area contributed by atoms with Crippen molar-refractivity contribution in [2.24, 2.45) is 17.6 Å². The summed E-state index contributed by atoms with van der Waals surface area (Å²) < 4.78 is 27.3. The summed E-state index contributed by atoms with van der Waals surface area (Å²) in [6.45, 7) is 1.79. The van der Waals surface area contributed by atoms with Crippen LogP contribution in [0.4, 0.5) is 8.78 Å². The summed E-state index contributed by atoms with van der Waals surface area (Å²) in [5.41, 5.74) is 5.66. The van der Waals surface area contributed by atoms with Gasteiger partial charge < -0.3 is 16.0 Å². The van der Waals surface area contributed by atoms with Crippen molar-refractivity contribution in [1.29, 1.82) is 0 Å². The highest BCUT2D eigenvalue weighted by Gasteiger charge is 2.48. The number of piperidine rings is 1. The molecule has 0 aromatic heterocycles. The van der Waals surface area contributed by atoms with Crippen LogP contribution in [0.3, 0.4) is 0 Å². The fourth-order valence-corrected chi connectivity index (χ4v) is 3.58. The van der Waals surface area contributed by atoms with Gasteiger partial charge in [-0.15, -0.1) is 12.4 Å². The topological polar surface area (TPSA) is 75.4 Å². The average Bonchev–Trinajstić information content (AvgIpc) is 3.42. The molecule has 2 amide bonds. The van der Waals surface area contributed by atoms with Gasteiger partial charge in [0.15, 0.2) is 11.6 Å². The monoisotopic (exact) mass is 387 g/mol. The molecular weight excluding hydrogens is 364 g/mol. The number of benzene rings is 1. The molecule has 3 unspecified atom stereocenters. The van der Waals surface area contributed by atoms with Gasteiger partial charge in [-0.25, -0.2) is 8.78 Å². The van der Waals surface area contributed by atoms with E-state index in [-0.39, 0.29) is 47.5 Å². The summed E-state index contributed by atoms with van der Waals surface area (Å²) in [5, 5.41) is 2.76. The summed E-state index contributed by atoms with van der Waals surface area (Å²) in [4.78, 5) is 26.5. The summed E-state index contributed by atoms with van der Waals surface area (Å²) in [6, 6.07) is 4.08. The van der Waals surface area contributed by atoms with Crippen LogP contribution in [0.2, 0.25) is 0 Å². The maximum Gasteiger partial charge on any atom is 0.226 e. The summed E-state index contributed by atoms with van der Waals surface area (Å²) in [6.07, 6.45) is 2.03. The fourth-order valence-electron chi connectivity index (χ4n) is 3.58. The molecule has 144 valence electrons. The Morgan fingerprint density at radius 3 is 2.81 bits per heavy atom. The molecule has 1 saturated carbocycles. The minimum Gasteiger partial charge on any atom is -0.355 e. The molecule has 2 aliphatic rings. The van der Waals surface area contributed by atoms with Crippen LogP contribution in [0.1, 0.15) is 30.7 Å². The predicted molar refractivity (Wildman–Crippen MR) is 95.8 cm³/mol. The molecule has 3 atom stereocenters. The molecular formula is C18H24ClF2N3O2. The van der Waals surface area contributed by atoms with Crippen molar-refractivity contribution in [3.8, 4) is 0 Å². The lowest BCUT2D eigenvalue weighted by Gasteiger charge is -2.32. The van der Waals surface area contributed by atoms with Crippen molar-refractivity contribution in [3.05, 3.63) is 35.4 Å². The first kappa shape index (κ1) is 20.6. The molecule has 1 heterocycles. The highest BCUT2D eigenvalue weighted by atomic mass is 35.5. The minimum absolute atomic E-state index is 0. The molecule has 0 radical (unpaired) electrons. The van der Waals surface area contributed by atoms with Gasteiger partial charge >= 0.3 is 0 Å². The molecule has 8 heteroatoms. The Labute approximate surface area is 157 Å². The van der Waals surface area contributed by atoms with Crippen LogP contribution in [-0.2, 0) is 9.59 Å². The quantitative estimate of drug-likeness (QED) is 0.809. The molecule has 3 N–H and O–H groups in total. The molecule has 1 aromatic carbocycles. The predicted octanol–water partition coefficient (Wildman–Crippen LogP) is 1.80. The normalized spacial score (nSPS) is 24.6. The highest BCUT2D eigenvalue weighted by Crippen LogP contribution is 2.49. The van der Waals surface area contributed by atoms with Gasteiger partial charge in [-0.1, -0.05) is 12.1 Å². The molecule has 2 fully saturated rings. The van der Waals surface area contributed by atoms with E-state index in [4.69, 9.17) is 5.73 Å². The molecule has 1 aliphatic heterocycles. The standard InChI is InChI=1S/C18H23F2N3O2.ClH/c19-15-5-1-4-12(16(15)20)13-9-14(13)18(25)23-8-2-3-11(10-23)17(24)22-7-6-21;/h1,4-5,11,13-14H,2-3,6-10,21H2,(H,22,24);1H. The Kier molecular flexibility index (Phi) is 6.94. The van der Waals surface area contributed by atoms with Crippen molar-refractivity contribution in [2.75, 3.05) is 26.2 Å². The smallest absolute Gasteiger partial charge is 0.226 e. The van der Waals surface area contributed by atoms with Gasteiger partial charge in [0, 0.05) is 32.1 Å². The van der Waals surface area contributed by atoms with Gasteiger partial charge in [-0.2, -0.15) is 0 Å². The number of amides is 2. The zero-order chi connectivity index (χ0) is 18.0. The number of carbonyl (C=O) groups is 2. The second-order valence-electron chi connectivity index (χ2n) is 6.79. The second-order valence-corrected chi connectivity index (χ2v) is 6.79. The van der Waals surface area contributed by atoms with E-state index in [1.54, 1.807) is 4.90 Å². The Bertz CT molecular complexity index is 674. The maximum absolute atomic E-state index is 13.9. The van der Waals surface area contributed by atoms with Gasteiger partial charge in [0.2, 0.25) is 11.8 Å². The zero-order valence-electron chi connectivity index (χ0n) is 14.4. The third-order valence-corrected chi connectivity index (χ3v) is 5.04. The number of nitrogens with one attached hydrogen (secondary N) is 1. The zero-order valence-corrected chi connectivity index (χ0v) is 15.2. The third-order valence-electron chi connectivity index (χ3n) is 5.04. The molecule has 26 heavy (non-hydrogen) atoms. The van der Waals surface area contributed by atoms with Crippen LogP contribution in [0.5, 0.6) is 0 Å². The van der Waals surface area contributed by atoms with Crippen LogP contribution >= 0.6 is 12.4 Å². The fraction of sp³-hybridized carbons (Fsp3) is 0.556. The molecule has 1 aliphatic carbocycles. The van der Waals surface area contributed by atoms with E-state index in [0.29, 0.717) is 32.6 Å². The van der Waals surface area contributed by atoms with Crippen molar-refractivity contribution in [2.45, 2.75) is 25.2 Å². The summed E-state index contributed by atoms with van der Waals surface area (Å²) >= 11 is 0. The Morgan fingerprint density at radius 1 is 1.31 bits per heavy atom. The SMILES string of the molecule is Cl.NCCNC(=O)C1CCCN(C(=O)C2CC2c2cccc(F)c2F)C1. The minimum atomic E-state index is -0.884. The van der Waals surface area contributed by atoms with E-state index in [2.05, 4.69) is 5.32 Å². The lowest BCUT2D eigenvalue weighted by molar-refractivity contribution is -0.136. The van der Waals surface area contributed by atoms with Crippen LogP contribution in [0, 0.1) is 23.5 Å². The number of carbonyl (C=O) groups excluding carboxylic acids is 2. The van der Waals surface area contributed by atoms with Gasteiger partial charge in [-0.3, -0.25) is 9.59 Å². The van der Waals surface area contributed by atoms with E-state index in [9.17, 15) is 18.4 Å². The number of nitrogens with two attached hydrogens (primary N) is 1. The van der Waals surface area contributed by atoms with E-state index in [0.717, 1.165) is 18.9 Å².